The summed E-state index contributed by atoms with van der Waals surface area (Å²) in [7, 11) is 3.28. The Morgan fingerprint density at radius 2 is 1.66 bits per heavy atom. The summed E-state index contributed by atoms with van der Waals surface area (Å²) in [4.78, 5) is 41.3. The molecule has 2 N–H and O–H groups in total. The van der Waals surface area contributed by atoms with Crippen LogP contribution in [0, 0.1) is 13.8 Å². The zero-order valence-corrected chi connectivity index (χ0v) is 17.1. The third kappa shape index (κ3) is 3.68. The van der Waals surface area contributed by atoms with Crippen LogP contribution < -0.4 is 0 Å². The highest BCUT2D eigenvalue weighted by Crippen LogP contribution is 2.33. The fourth-order valence-corrected chi connectivity index (χ4v) is 4.13. The molecule has 1 amide bonds. The van der Waals surface area contributed by atoms with E-state index in [0.717, 1.165) is 23.0 Å². The van der Waals surface area contributed by atoms with Gasteiger partial charge in [0.15, 0.2) is 5.17 Å². The van der Waals surface area contributed by atoms with E-state index in [0.29, 0.717) is 15.8 Å². The van der Waals surface area contributed by atoms with Crippen molar-refractivity contribution < 1.29 is 24.6 Å². The van der Waals surface area contributed by atoms with Crippen LogP contribution in [-0.4, -0.2) is 56.8 Å². The Kier molecular flexibility index (Phi) is 5.34. The van der Waals surface area contributed by atoms with Gasteiger partial charge in [-0.1, -0.05) is 0 Å². The number of carbonyl (C=O) groups excluding carboxylic acids is 1. The van der Waals surface area contributed by atoms with Crippen molar-refractivity contribution in [3.8, 4) is 5.69 Å². The fourth-order valence-electron chi connectivity index (χ4n) is 3.21. The molecule has 1 aromatic carbocycles. The zero-order chi connectivity index (χ0) is 21.5. The van der Waals surface area contributed by atoms with Crippen molar-refractivity contribution in [3.63, 3.8) is 0 Å². The standard InChI is InChI=1S/C20H19N3O5S/c1-10-5-12(9-16-17(24)22(4)20(21-3)29-16)11(2)23(10)15-7-13(18(25)26)6-14(8-15)19(27)28/h5-9H,1-4H3,(H,25,26)(H,27,28). The van der Waals surface area contributed by atoms with E-state index in [-0.39, 0.29) is 17.0 Å². The number of amidine groups is 1. The molecule has 29 heavy (non-hydrogen) atoms. The van der Waals surface area contributed by atoms with Crippen molar-refractivity contribution in [2.24, 2.45) is 4.99 Å². The van der Waals surface area contributed by atoms with E-state index in [1.165, 1.54) is 28.8 Å². The van der Waals surface area contributed by atoms with E-state index >= 15 is 0 Å². The van der Waals surface area contributed by atoms with Crippen molar-refractivity contribution in [1.29, 1.82) is 0 Å². The number of thioether (sulfide) groups is 1. The summed E-state index contributed by atoms with van der Waals surface area (Å²) in [5, 5.41) is 19.3. The van der Waals surface area contributed by atoms with Crippen LogP contribution in [0.5, 0.6) is 0 Å². The molecule has 2 aromatic rings. The van der Waals surface area contributed by atoms with Crippen molar-refractivity contribution in [2.75, 3.05) is 14.1 Å². The number of aromatic carboxylic acids is 2. The maximum absolute atomic E-state index is 12.4. The lowest BCUT2D eigenvalue weighted by atomic mass is 10.1. The van der Waals surface area contributed by atoms with E-state index in [9.17, 15) is 24.6 Å². The Morgan fingerprint density at radius 1 is 1.07 bits per heavy atom. The van der Waals surface area contributed by atoms with Crippen molar-refractivity contribution in [3.05, 3.63) is 57.2 Å². The third-order valence-corrected chi connectivity index (χ3v) is 5.77. The molecule has 2 heterocycles. The molecule has 0 saturated carbocycles. The van der Waals surface area contributed by atoms with E-state index in [1.807, 2.05) is 19.9 Å². The highest BCUT2D eigenvalue weighted by atomic mass is 32.2. The highest BCUT2D eigenvalue weighted by molar-refractivity contribution is 8.18. The summed E-state index contributed by atoms with van der Waals surface area (Å²) in [6, 6.07) is 5.85. The average molecular weight is 413 g/mol. The molecule has 0 spiro atoms. The van der Waals surface area contributed by atoms with E-state index < -0.39 is 11.9 Å². The largest absolute Gasteiger partial charge is 0.478 e. The summed E-state index contributed by atoms with van der Waals surface area (Å²) < 4.78 is 1.77. The number of carboxylic acid groups (broad SMARTS) is 2. The molecule has 1 saturated heterocycles. The number of nitrogens with zero attached hydrogens (tertiary/aromatic N) is 3. The predicted octanol–water partition coefficient (Wildman–Crippen LogP) is 3.02. The minimum Gasteiger partial charge on any atom is -0.478 e. The molecule has 0 aliphatic carbocycles. The molecular weight excluding hydrogens is 394 g/mol. The summed E-state index contributed by atoms with van der Waals surface area (Å²) >= 11 is 1.28. The first-order valence-corrected chi connectivity index (χ1v) is 9.41. The number of aliphatic imine (C=N–C) groups is 1. The number of hydrogen-bond donors (Lipinski definition) is 2. The molecule has 0 radical (unpaired) electrons. The number of carboxylic acids is 2. The van der Waals surface area contributed by atoms with E-state index in [4.69, 9.17) is 0 Å². The number of hydrogen-bond acceptors (Lipinski definition) is 5. The molecule has 1 aliphatic rings. The van der Waals surface area contributed by atoms with Gasteiger partial charge in [0, 0.05) is 31.2 Å². The number of benzene rings is 1. The second-order valence-corrected chi connectivity index (χ2v) is 7.53. The number of likely N-dealkylation sites (N-methyl/N-ethyl adjacent to an activating group) is 1. The smallest absolute Gasteiger partial charge is 0.335 e. The minimum absolute atomic E-state index is 0.112. The molecule has 1 fully saturated rings. The first-order chi connectivity index (χ1) is 13.6. The summed E-state index contributed by atoms with van der Waals surface area (Å²) in [6.07, 6.45) is 1.76. The summed E-state index contributed by atoms with van der Waals surface area (Å²) in [5.41, 5.74) is 2.52. The summed E-state index contributed by atoms with van der Waals surface area (Å²) in [5.74, 6) is -2.57. The Bertz CT molecular complexity index is 1080. The fraction of sp³-hybridized carbons (Fsp3) is 0.200. The van der Waals surface area contributed by atoms with Crippen LogP contribution >= 0.6 is 11.8 Å². The number of rotatable bonds is 4. The van der Waals surface area contributed by atoms with Crippen LogP contribution in [0.2, 0.25) is 0 Å². The van der Waals surface area contributed by atoms with E-state index in [2.05, 4.69) is 4.99 Å². The lowest BCUT2D eigenvalue weighted by Crippen LogP contribution is -2.23. The van der Waals surface area contributed by atoms with Gasteiger partial charge in [0.2, 0.25) is 0 Å². The summed E-state index contributed by atoms with van der Waals surface area (Å²) in [6.45, 7) is 3.66. The predicted molar refractivity (Wildman–Crippen MR) is 111 cm³/mol. The van der Waals surface area contributed by atoms with Crippen LogP contribution in [0.4, 0.5) is 0 Å². The number of aryl methyl sites for hydroxylation is 1. The van der Waals surface area contributed by atoms with Crippen molar-refractivity contribution >= 4 is 40.9 Å². The van der Waals surface area contributed by atoms with Crippen LogP contribution in [0.25, 0.3) is 11.8 Å². The third-order valence-electron chi connectivity index (χ3n) is 4.62. The van der Waals surface area contributed by atoms with Crippen LogP contribution in [0.15, 0.2) is 34.2 Å². The molecular formula is C20H19N3O5S. The lowest BCUT2D eigenvalue weighted by Gasteiger charge is -2.12. The van der Waals surface area contributed by atoms with Crippen molar-refractivity contribution in [2.45, 2.75) is 13.8 Å². The monoisotopic (exact) mass is 413 g/mol. The average Bonchev–Trinajstić information content (AvgIpc) is 3.11. The molecule has 0 unspecified atom stereocenters. The maximum Gasteiger partial charge on any atom is 0.335 e. The zero-order valence-electron chi connectivity index (χ0n) is 16.3. The first kappa shape index (κ1) is 20.4. The first-order valence-electron chi connectivity index (χ1n) is 8.59. The van der Waals surface area contributed by atoms with Gasteiger partial charge >= 0.3 is 11.9 Å². The molecule has 3 rings (SSSR count). The molecule has 1 aromatic heterocycles. The number of amides is 1. The molecule has 0 bridgehead atoms. The second-order valence-electron chi connectivity index (χ2n) is 6.52. The van der Waals surface area contributed by atoms with Crippen LogP contribution in [-0.2, 0) is 4.79 Å². The van der Waals surface area contributed by atoms with Gasteiger partial charge in [-0.15, -0.1) is 0 Å². The van der Waals surface area contributed by atoms with Gasteiger partial charge in [0.05, 0.1) is 16.0 Å². The quantitative estimate of drug-likeness (QED) is 0.745. The Morgan fingerprint density at radius 3 is 2.14 bits per heavy atom. The highest BCUT2D eigenvalue weighted by Gasteiger charge is 2.30. The second kappa shape index (κ2) is 7.59. The Hall–Kier alpha value is -3.33. The Labute approximate surface area is 171 Å². The molecule has 8 nitrogen and oxygen atoms in total. The van der Waals surface area contributed by atoms with Gasteiger partial charge in [0.1, 0.15) is 0 Å². The van der Waals surface area contributed by atoms with Gasteiger partial charge in [-0.3, -0.25) is 14.7 Å². The molecule has 150 valence electrons. The van der Waals surface area contributed by atoms with Crippen LogP contribution in [0.1, 0.15) is 37.7 Å². The van der Waals surface area contributed by atoms with Gasteiger partial charge in [-0.25, -0.2) is 9.59 Å². The SMILES string of the molecule is CN=C1SC(=Cc2cc(C)n(-c3cc(C(=O)O)cc(C(=O)O)c3)c2C)C(=O)N1C. The van der Waals surface area contributed by atoms with Gasteiger partial charge < -0.3 is 14.8 Å². The molecule has 0 atom stereocenters. The van der Waals surface area contributed by atoms with Gasteiger partial charge in [0.25, 0.3) is 5.91 Å². The van der Waals surface area contributed by atoms with Crippen molar-refractivity contribution in [1.82, 2.24) is 9.47 Å². The maximum atomic E-state index is 12.4. The topological polar surface area (TPSA) is 112 Å². The minimum atomic E-state index is -1.21. The van der Waals surface area contributed by atoms with E-state index in [1.54, 1.807) is 24.7 Å². The van der Waals surface area contributed by atoms with Gasteiger partial charge in [-0.05, 0) is 61.5 Å². The lowest BCUT2D eigenvalue weighted by molar-refractivity contribution is -0.121. The molecule has 9 heteroatoms. The normalized spacial score (nSPS) is 16.8. The van der Waals surface area contributed by atoms with Crippen LogP contribution in [0.3, 0.4) is 0 Å². The Balaban J connectivity index is 2.12. The number of carbonyl (C=O) groups is 3. The number of aromatic nitrogens is 1. The molecule has 1 aliphatic heterocycles. The van der Waals surface area contributed by atoms with Gasteiger partial charge in [-0.2, -0.15) is 0 Å².